The van der Waals surface area contributed by atoms with Crippen molar-refractivity contribution in [2.24, 2.45) is 0 Å². The molecular formula is C18H21NO2S. The van der Waals surface area contributed by atoms with E-state index >= 15 is 0 Å². The second-order valence-electron chi connectivity index (χ2n) is 6.61. The number of hydrogen-bond donors (Lipinski definition) is 0. The van der Waals surface area contributed by atoms with Gasteiger partial charge in [0.05, 0.1) is 4.92 Å². The molecule has 0 atom stereocenters. The first-order valence-corrected chi connectivity index (χ1v) is 8.03. The molecule has 0 bridgehead atoms. The van der Waals surface area contributed by atoms with Crippen LogP contribution in [0.3, 0.4) is 0 Å². The Hall–Kier alpha value is -1.81. The third-order valence-electron chi connectivity index (χ3n) is 3.40. The van der Waals surface area contributed by atoms with Crippen LogP contribution in [0.1, 0.15) is 37.5 Å². The minimum absolute atomic E-state index is 0.192. The number of aryl methyl sites for hydroxylation is 2. The van der Waals surface area contributed by atoms with Gasteiger partial charge in [0.2, 0.25) is 0 Å². The van der Waals surface area contributed by atoms with Gasteiger partial charge in [-0.3, -0.25) is 10.1 Å². The molecule has 0 aromatic heterocycles. The fourth-order valence-corrected chi connectivity index (χ4v) is 3.54. The maximum Gasteiger partial charge on any atom is 0.273 e. The van der Waals surface area contributed by atoms with Crippen molar-refractivity contribution >= 4 is 17.4 Å². The fraction of sp³-hybridized carbons (Fsp3) is 0.333. The molecule has 2 aromatic rings. The lowest BCUT2D eigenvalue weighted by molar-refractivity contribution is -0.386. The standard InChI is InChI=1S/C18H21NO2S/c1-12-8-13(2)10-15(9-12)22-14-6-7-17(19(20)21)16(11-14)18(3,4)5/h6-11H,1-5H3. The van der Waals surface area contributed by atoms with Crippen LogP contribution in [0.15, 0.2) is 46.2 Å². The molecule has 0 radical (unpaired) electrons. The van der Waals surface area contributed by atoms with Gasteiger partial charge in [-0.05, 0) is 54.7 Å². The van der Waals surface area contributed by atoms with Crippen LogP contribution in [-0.4, -0.2) is 4.92 Å². The second-order valence-corrected chi connectivity index (χ2v) is 7.76. The van der Waals surface area contributed by atoms with Crippen LogP contribution in [0.25, 0.3) is 0 Å². The van der Waals surface area contributed by atoms with Crippen molar-refractivity contribution in [1.82, 2.24) is 0 Å². The maximum atomic E-state index is 11.2. The summed E-state index contributed by atoms with van der Waals surface area (Å²) in [6.45, 7) is 10.2. The quantitative estimate of drug-likeness (QED) is 0.542. The molecular weight excluding hydrogens is 294 g/mol. The molecule has 0 fully saturated rings. The number of hydrogen-bond acceptors (Lipinski definition) is 3. The molecule has 0 saturated heterocycles. The van der Waals surface area contributed by atoms with E-state index in [9.17, 15) is 10.1 Å². The molecule has 4 heteroatoms. The van der Waals surface area contributed by atoms with Gasteiger partial charge in [0.25, 0.3) is 5.69 Å². The minimum atomic E-state index is -0.300. The van der Waals surface area contributed by atoms with Gasteiger partial charge >= 0.3 is 0 Å². The average Bonchev–Trinajstić information content (AvgIpc) is 2.36. The summed E-state index contributed by atoms with van der Waals surface area (Å²) in [5.74, 6) is 0. The average molecular weight is 315 g/mol. The Morgan fingerprint density at radius 1 is 0.955 bits per heavy atom. The Labute approximate surface area is 135 Å². The lowest BCUT2D eigenvalue weighted by Gasteiger charge is -2.19. The van der Waals surface area contributed by atoms with E-state index in [2.05, 4.69) is 32.0 Å². The summed E-state index contributed by atoms with van der Waals surface area (Å²) in [5, 5.41) is 11.2. The van der Waals surface area contributed by atoms with Gasteiger partial charge in [0.1, 0.15) is 0 Å². The summed E-state index contributed by atoms with van der Waals surface area (Å²) in [4.78, 5) is 13.1. The molecule has 0 aliphatic rings. The molecule has 0 saturated carbocycles. The van der Waals surface area contributed by atoms with E-state index in [0.717, 1.165) is 15.4 Å². The summed E-state index contributed by atoms with van der Waals surface area (Å²) in [6, 6.07) is 11.8. The Morgan fingerprint density at radius 2 is 1.55 bits per heavy atom. The molecule has 0 aliphatic carbocycles. The van der Waals surface area contributed by atoms with Crippen molar-refractivity contribution in [3.05, 3.63) is 63.2 Å². The first kappa shape index (κ1) is 16.6. The van der Waals surface area contributed by atoms with Crippen molar-refractivity contribution in [3.8, 4) is 0 Å². The zero-order valence-electron chi connectivity index (χ0n) is 13.6. The SMILES string of the molecule is Cc1cc(C)cc(Sc2ccc([N+](=O)[O-])c(C(C)(C)C)c2)c1. The van der Waals surface area contributed by atoms with Gasteiger partial charge in [-0.1, -0.05) is 38.6 Å². The third kappa shape index (κ3) is 3.89. The van der Waals surface area contributed by atoms with Gasteiger partial charge < -0.3 is 0 Å². The zero-order chi connectivity index (χ0) is 16.5. The molecule has 116 valence electrons. The van der Waals surface area contributed by atoms with E-state index in [4.69, 9.17) is 0 Å². The number of nitrogens with zero attached hydrogens (tertiary/aromatic N) is 1. The maximum absolute atomic E-state index is 11.2. The molecule has 0 amide bonds. The van der Waals surface area contributed by atoms with Crippen LogP contribution < -0.4 is 0 Å². The van der Waals surface area contributed by atoms with E-state index in [1.54, 1.807) is 17.8 Å². The smallest absolute Gasteiger partial charge is 0.258 e. The zero-order valence-corrected chi connectivity index (χ0v) is 14.5. The molecule has 22 heavy (non-hydrogen) atoms. The molecule has 3 nitrogen and oxygen atoms in total. The number of nitro groups is 1. The van der Waals surface area contributed by atoms with Gasteiger partial charge in [-0.2, -0.15) is 0 Å². The highest BCUT2D eigenvalue weighted by molar-refractivity contribution is 7.99. The monoisotopic (exact) mass is 315 g/mol. The lowest BCUT2D eigenvalue weighted by Crippen LogP contribution is -2.13. The van der Waals surface area contributed by atoms with E-state index in [1.807, 2.05) is 32.9 Å². The molecule has 2 rings (SSSR count). The summed E-state index contributed by atoms with van der Waals surface area (Å²) >= 11 is 1.64. The van der Waals surface area contributed by atoms with E-state index in [1.165, 1.54) is 11.1 Å². The Balaban J connectivity index is 2.42. The molecule has 0 N–H and O–H groups in total. The Morgan fingerprint density at radius 3 is 2.05 bits per heavy atom. The van der Waals surface area contributed by atoms with Crippen molar-refractivity contribution in [3.63, 3.8) is 0 Å². The minimum Gasteiger partial charge on any atom is -0.258 e. The number of rotatable bonds is 3. The van der Waals surface area contributed by atoms with Gasteiger partial charge in [-0.15, -0.1) is 0 Å². The summed E-state index contributed by atoms with van der Waals surface area (Å²) < 4.78 is 0. The van der Waals surface area contributed by atoms with E-state index in [-0.39, 0.29) is 16.0 Å². The van der Waals surface area contributed by atoms with Crippen LogP contribution in [0.4, 0.5) is 5.69 Å². The predicted octanol–water partition coefficient (Wildman–Crippen LogP) is 5.66. The van der Waals surface area contributed by atoms with Crippen LogP contribution in [0.2, 0.25) is 0 Å². The lowest BCUT2D eigenvalue weighted by atomic mass is 9.86. The van der Waals surface area contributed by atoms with Crippen molar-refractivity contribution in [2.75, 3.05) is 0 Å². The van der Waals surface area contributed by atoms with Gasteiger partial charge in [0, 0.05) is 21.4 Å². The Kier molecular flexibility index (Phi) is 4.61. The first-order chi connectivity index (χ1) is 10.2. The van der Waals surface area contributed by atoms with Crippen LogP contribution >= 0.6 is 11.8 Å². The first-order valence-electron chi connectivity index (χ1n) is 7.22. The van der Waals surface area contributed by atoms with Crippen molar-refractivity contribution in [1.29, 1.82) is 0 Å². The topological polar surface area (TPSA) is 43.1 Å². The molecule has 2 aromatic carbocycles. The van der Waals surface area contributed by atoms with Gasteiger partial charge in [0.15, 0.2) is 0 Å². The van der Waals surface area contributed by atoms with E-state index in [0.29, 0.717) is 0 Å². The fourth-order valence-electron chi connectivity index (χ4n) is 2.47. The number of nitro benzene ring substituents is 1. The van der Waals surface area contributed by atoms with E-state index < -0.39 is 0 Å². The predicted molar refractivity (Wildman–Crippen MR) is 91.8 cm³/mol. The molecule has 0 heterocycles. The van der Waals surface area contributed by atoms with Crippen LogP contribution in [-0.2, 0) is 5.41 Å². The van der Waals surface area contributed by atoms with Crippen LogP contribution in [0, 0.1) is 24.0 Å². The molecule has 0 spiro atoms. The highest BCUT2D eigenvalue weighted by Crippen LogP contribution is 2.37. The largest absolute Gasteiger partial charge is 0.273 e. The third-order valence-corrected chi connectivity index (χ3v) is 4.36. The van der Waals surface area contributed by atoms with Gasteiger partial charge in [-0.25, -0.2) is 0 Å². The summed E-state index contributed by atoms with van der Waals surface area (Å²) in [5.41, 5.74) is 3.15. The Bertz CT molecular complexity index is 697. The van der Waals surface area contributed by atoms with Crippen LogP contribution in [0.5, 0.6) is 0 Å². The number of benzene rings is 2. The molecule has 0 aliphatic heterocycles. The highest BCUT2D eigenvalue weighted by atomic mass is 32.2. The summed E-state index contributed by atoms with van der Waals surface area (Å²) in [6.07, 6.45) is 0. The molecule has 0 unspecified atom stereocenters. The second kappa shape index (κ2) is 6.13. The normalized spacial score (nSPS) is 11.5. The highest BCUT2D eigenvalue weighted by Gasteiger charge is 2.25. The van der Waals surface area contributed by atoms with Crippen molar-refractivity contribution < 1.29 is 4.92 Å². The van der Waals surface area contributed by atoms with Crippen molar-refractivity contribution in [2.45, 2.75) is 49.8 Å². The summed E-state index contributed by atoms with van der Waals surface area (Å²) in [7, 11) is 0.